The molecule has 0 atom stereocenters. The molecule has 136 valence electrons. The zero-order chi connectivity index (χ0) is 18.1. The minimum absolute atomic E-state index is 0.0596. The van der Waals surface area contributed by atoms with Gasteiger partial charge in [-0.15, -0.1) is 5.10 Å². The van der Waals surface area contributed by atoms with Gasteiger partial charge in [-0.1, -0.05) is 41.6 Å². The molecule has 1 saturated heterocycles. The van der Waals surface area contributed by atoms with E-state index in [1.807, 2.05) is 54.1 Å². The molecule has 1 aromatic heterocycles. The molecular formula is C19H22N4O2S. The van der Waals surface area contributed by atoms with Gasteiger partial charge >= 0.3 is 0 Å². The number of fused-ring (bicyclic) bond motifs is 1. The summed E-state index contributed by atoms with van der Waals surface area (Å²) in [5, 5.41) is 8.57. The molecule has 26 heavy (non-hydrogen) atoms. The van der Waals surface area contributed by atoms with Gasteiger partial charge < -0.3 is 0 Å². The first-order chi connectivity index (χ1) is 12.5. The molecule has 0 saturated carbocycles. The Morgan fingerprint density at radius 1 is 1.08 bits per heavy atom. The summed E-state index contributed by atoms with van der Waals surface area (Å²) in [6, 6.07) is 15.7. The average molecular weight is 370 g/mol. The minimum atomic E-state index is -3.29. The summed E-state index contributed by atoms with van der Waals surface area (Å²) in [6.45, 7) is 3.08. The van der Waals surface area contributed by atoms with Crippen LogP contribution in [0.5, 0.6) is 0 Å². The van der Waals surface area contributed by atoms with Crippen molar-refractivity contribution in [3.63, 3.8) is 0 Å². The van der Waals surface area contributed by atoms with Crippen LogP contribution in [0.15, 0.2) is 48.5 Å². The van der Waals surface area contributed by atoms with E-state index < -0.39 is 10.0 Å². The first kappa shape index (κ1) is 17.2. The van der Waals surface area contributed by atoms with Gasteiger partial charge in [-0.3, -0.25) is 0 Å². The lowest BCUT2D eigenvalue weighted by molar-refractivity contribution is 0.262. The second-order valence-corrected chi connectivity index (χ2v) is 8.87. The van der Waals surface area contributed by atoms with Gasteiger partial charge in [-0.2, -0.15) is 0 Å². The number of hydrogen-bond donors (Lipinski definition) is 0. The number of benzene rings is 2. The fraction of sp³-hybridized carbons (Fsp3) is 0.368. The Labute approximate surface area is 153 Å². The Morgan fingerprint density at radius 3 is 2.54 bits per heavy atom. The van der Waals surface area contributed by atoms with Gasteiger partial charge in [0.25, 0.3) is 0 Å². The number of piperidine rings is 1. The molecule has 0 radical (unpaired) electrons. The molecule has 0 N–H and O–H groups in total. The molecule has 6 nitrogen and oxygen atoms in total. The smallest absolute Gasteiger partial charge is 0.218 e. The molecule has 1 aliphatic heterocycles. The fourth-order valence-corrected chi connectivity index (χ4v) is 5.13. The number of aryl methyl sites for hydroxylation is 1. The van der Waals surface area contributed by atoms with E-state index in [4.69, 9.17) is 0 Å². The summed E-state index contributed by atoms with van der Waals surface area (Å²) in [7, 11) is -3.29. The Morgan fingerprint density at radius 2 is 1.81 bits per heavy atom. The highest BCUT2D eigenvalue weighted by Gasteiger charge is 2.29. The Balaban J connectivity index is 1.46. The first-order valence-electron chi connectivity index (χ1n) is 8.86. The number of aromatic nitrogens is 3. The van der Waals surface area contributed by atoms with Crippen LogP contribution in [0.25, 0.3) is 11.0 Å². The molecule has 3 aromatic rings. The van der Waals surface area contributed by atoms with Gasteiger partial charge in [0.15, 0.2) is 0 Å². The van der Waals surface area contributed by atoms with Crippen LogP contribution < -0.4 is 0 Å². The summed E-state index contributed by atoms with van der Waals surface area (Å²) < 4.78 is 28.9. The highest BCUT2D eigenvalue weighted by atomic mass is 32.2. The molecule has 0 spiro atoms. The molecular weight excluding hydrogens is 348 g/mol. The summed E-state index contributed by atoms with van der Waals surface area (Å²) in [5.41, 5.74) is 3.89. The van der Waals surface area contributed by atoms with Crippen LogP contribution in [0, 0.1) is 6.92 Å². The Kier molecular flexibility index (Phi) is 4.50. The van der Waals surface area contributed by atoms with Gasteiger partial charge in [-0.05, 0) is 43.0 Å². The van der Waals surface area contributed by atoms with Gasteiger partial charge in [0.1, 0.15) is 5.52 Å². The number of nitrogens with zero attached hydrogens (tertiary/aromatic N) is 4. The maximum atomic E-state index is 12.7. The van der Waals surface area contributed by atoms with E-state index >= 15 is 0 Å². The predicted octanol–water partition coefficient (Wildman–Crippen LogP) is 2.91. The van der Waals surface area contributed by atoms with Crippen molar-refractivity contribution in [2.75, 3.05) is 13.1 Å². The molecule has 1 aliphatic rings. The third-order valence-electron chi connectivity index (χ3n) is 4.98. The molecule has 7 heteroatoms. The van der Waals surface area contributed by atoms with Crippen LogP contribution in [0.1, 0.15) is 30.0 Å². The standard InChI is InChI=1S/C19H22N4O2S/c1-15-7-8-19-18(13-15)20-21-23(19)17-9-11-22(12-10-17)26(24,25)14-16-5-3-2-4-6-16/h2-8,13,17H,9-12,14H2,1H3. The lowest BCUT2D eigenvalue weighted by Crippen LogP contribution is -2.39. The summed E-state index contributed by atoms with van der Waals surface area (Å²) >= 11 is 0. The Hall–Kier alpha value is -2.25. The van der Waals surface area contributed by atoms with Crippen LogP contribution in [0.3, 0.4) is 0 Å². The van der Waals surface area contributed by atoms with Crippen LogP contribution >= 0.6 is 0 Å². The van der Waals surface area contributed by atoms with E-state index in [-0.39, 0.29) is 11.8 Å². The number of rotatable bonds is 4. The molecule has 1 fully saturated rings. The van der Waals surface area contributed by atoms with E-state index in [9.17, 15) is 8.42 Å². The van der Waals surface area contributed by atoms with Crippen molar-refractivity contribution in [1.82, 2.24) is 19.3 Å². The highest BCUT2D eigenvalue weighted by Crippen LogP contribution is 2.27. The molecule has 0 aliphatic carbocycles. The van der Waals surface area contributed by atoms with Crippen molar-refractivity contribution in [1.29, 1.82) is 0 Å². The van der Waals surface area contributed by atoms with Crippen LogP contribution in [-0.4, -0.2) is 40.8 Å². The van der Waals surface area contributed by atoms with Crippen molar-refractivity contribution in [2.24, 2.45) is 0 Å². The molecule has 0 bridgehead atoms. The topological polar surface area (TPSA) is 68.1 Å². The second kappa shape index (κ2) is 6.81. The van der Waals surface area contributed by atoms with Crippen molar-refractivity contribution in [2.45, 2.75) is 31.6 Å². The largest absolute Gasteiger partial charge is 0.242 e. The first-order valence-corrected chi connectivity index (χ1v) is 10.5. The summed E-state index contributed by atoms with van der Waals surface area (Å²) in [6.07, 6.45) is 1.50. The second-order valence-electron chi connectivity index (χ2n) is 6.90. The van der Waals surface area contributed by atoms with Crippen LogP contribution in [0.2, 0.25) is 0 Å². The monoisotopic (exact) mass is 370 g/mol. The molecule has 0 amide bonds. The van der Waals surface area contributed by atoms with Gasteiger partial charge in [0, 0.05) is 13.1 Å². The summed E-state index contributed by atoms with van der Waals surface area (Å²) in [5.74, 6) is 0.0596. The average Bonchev–Trinajstić information content (AvgIpc) is 3.05. The van der Waals surface area contributed by atoms with E-state index in [1.165, 1.54) is 0 Å². The lowest BCUT2D eigenvalue weighted by atomic mass is 10.1. The van der Waals surface area contributed by atoms with Gasteiger partial charge in [0.05, 0.1) is 17.3 Å². The third-order valence-corrected chi connectivity index (χ3v) is 6.83. The van der Waals surface area contributed by atoms with Gasteiger partial charge in [-0.25, -0.2) is 17.4 Å². The van der Waals surface area contributed by atoms with Crippen LogP contribution in [-0.2, 0) is 15.8 Å². The minimum Gasteiger partial charge on any atom is -0.242 e. The number of sulfonamides is 1. The number of hydrogen-bond acceptors (Lipinski definition) is 4. The van der Waals surface area contributed by atoms with E-state index in [1.54, 1.807) is 4.31 Å². The molecule has 0 unspecified atom stereocenters. The van der Waals surface area contributed by atoms with E-state index in [0.717, 1.165) is 35.0 Å². The maximum absolute atomic E-state index is 12.7. The van der Waals surface area contributed by atoms with Crippen molar-refractivity contribution < 1.29 is 8.42 Å². The SMILES string of the molecule is Cc1ccc2c(c1)nnn2C1CCN(S(=O)(=O)Cc2ccccc2)CC1. The molecule has 2 aromatic carbocycles. The lowest BCUT2D eigenvalue weighted by Gasteiger charge is -2.31. The van der Waals surface area contributed by atoms with Crippen molar-refractivity contribution in [3.8, 4) is 0 Å². The van der Waals surface area contributed by atoms with Crippen molar-refractivity contribution in [3.05, 3.63) is 59.7 Å². The summed E-state index contributed by atoms with van der Waals surface area (Å²) in [4.78, 5) is 0. The third kappa shape index (κ3) is 3.37. The van der Waals surface area contributed by atoms with Crippen molar-refractivity contribution >= 4 is 21.1 Å². The quantitative estimate of drug-likeness (QED) is 0.708. The zero-order valence-electron chi connectivity index (χ0n) is 14.7. The zero-order valence-corrected chi connectivity index (χ0v) is 15.6. The van der Waals surface area contributed by atoms with Gasteiger partial charge in [0.2, 0.25) is 10.0 Å². The molecule has 2 heterocycles. The van der Waals surface area contributed by atoms with E-state index in [2.05, 4.69) is 16.4 Å². The normalized spacial score (nSPS) is 17.0. The predicted molar refractivity (Wildman–Crippen MR) is 101 cm³/mol. The highest BCUT2D eigenvalue weighted by molar-refractivity contribution is 7.88. The van der Waals surface area contributed by atoms with Crippen LogP contribution in [0.4, 0.5) is 0 Å². The fourth-order valence-electron chi connectivity index (χ4n) is 3.56. The van der Waals surface area contributed by atoms with E-state index in [0.29, 0.717) is 13.1 Å². The maximum Gasteiger partial charge on any atom is 0.218 e. The molecule has 4 rings (SSSR count). The Bertz CT molecular complexity index is 1010.